The van der Waals surface area contributed by atoms with E-state index in [0.29, 0.717) is 17.5 Å². The Morgan fingerprint density at radius 2 is 1.96 bits per heavy atom. The number of thiocarbonyl (C=S) groups is 1. The zero-order valence-corrected chi connectivity index (χ0v) is 15.1. The third kappa shape index (κ3) is 4.95. The van der Waals surface area contributed by atoms with Crippen molar-refractivity contribution >= 4 is 40.4 Å². The molecule has 0 unspecified atom stereocenters. The molecule has 2 N–H and O–H groups in total. The molecule has 0 atom stereocenters. The average Bonchev–Trinajstić information content (AvgIpc) is 3.04. The van der Waals surface area contributed by atoms with Gasteiger partial charge in [0.1, 0.15) is 5.75 Å². The highest BCUT2D eigenvalue weighted by Gasteiger charge is 2.04. The molecule has 3 aromatic rings. The molecule has 0 aliphatic carbocycles. The number of nitrogens with zero attached hydrogens (tertiary/aromatic N) is 2. The molecule has 0 saturated carbocycles. The monoisotopic (exact) mass is 372 g/mol. The van der Waals surface area contributed by atoms with Crippen LogP contribution in [0.1, 0.15) is 5.56 Å². The van der Waals surface area contributed by atoms with Crippen molar-refractivity contribution in [2.75, 3.05) is 17.7 Å². The van der Waals surface area contributed by atoms with Crippen molar-refractivity contribution in [2.24, 2.45) is 0 Å². The molecule has 5 nitrogen and oxygen atoms in total. The number of ether oxygens (including phenoxy) is 1. The van der Waals surface area contributed by atoms with Crippen LogP contribution >= 0.6 is 23.8 Å². The maximum absolute atomic E-state index is 5.90. The summed E-state index contributed by atoms with van der Waals surface area (Å²) >= 11 is 11.2. The van der Waals surface area contributed by atoms with Crippen LogP contribution in [0.25, 0.3) is 0 Å². The number of methoxy groups -OCH3 is 1. The fourth-order valence-electron chi connectivity index (χ4n) is 2.27. The molecule has 7 heteroatoms. The van der Waals surface area contributed by atoms with Crippen molar-refractivity contribution in [1.29, 1.82) is 0 Å². The quantitative estimate of drug-likeness (QED) is 0.650. The summed E-state index contributed by atoms with van der Waals surface area (Å²) in [5.41, 5.74) is 1.97. The van der Waals surface area contributed by atoms with Crippen LogP contribution in [0.2, 0.25) is 5.02 Å². The first-order valence-electron chi connectivity index (χ1n) is 7.62. The fourth-order valence-corrected chi connectivity index (χ4v) is 2.62. The van der Waals surface area contributed by atoms with E-state index < -0.39 is 0 Å². The Labute approximate surface area is 156 Å². The summed E-state index contributed by atoms with van der Waals surface area (Å²) < 4.78 is 7.03. The van der Waals surface area contributed by atoms with E-state index in [9.17, 15) is 0 Å². The number of rotatable bonds is 5. The van der Waals surface area contributed by atoms with Crippen molar-refractivity contribution in [2.45, 2.75) is 6.54 Å². The summed E-state index contributed by atoms with van der Waals surface area (Å²) in [6.45, 7) is 0.662. The Morgan fingerprint density at radius 1 is 1.16 bits per heavy atom. The molecule has 0 aliphatic heterocycles. The van der Waals surface area contributed by atoms with Crippen molar-refractivity contribution in [1.82, 2.24) is 9.78 Å². The maximum Gasteiger partial charge on any atom is 0.176 e. The molecule has 0 aliphatic rings. The first-order chi connectivity index (χ1) is 12.1. The van der Waals surface area contributed by atoms with E-state index in [-0.39, 0.29) is 0 Å². The molecule has 25 heavy (non-hydrogen) atoms. The van der Waals surface area contributed by atoms with Gasteiger partial charge >= 0.3 is 0 Å². The predicted molar refractivity (Wildman–Crippen MR) is 106 cm³/mol. The third-order valence-electron chi connectivity index (χ3n) is 3.47. The highest BCUT2D eigenvalue weighted by molar-refractivity contribution is 7.80. The second kappa shape index (κ2) is 8.00. The van der Waals surface area contributed by atoms with Gasteiger partial charge in [-0.15, -0.1) is 0 Å². The number of nitrogens with one attached hydrogen (secondary N) is 2. The van der Waals surface area contributed by atoms with Crippen LogP contribution < -0.4 is 15.4 Å². The lowest BCUT2D eigenvalue weighted by molar-refractivity contribution is 0.415. The number of halogens is 1. The third-order valence-corrected chi connectivity index (χ3v) is 3.92. The van der Waals surface area contributed by atoms with Crippen LogP contribution in [0.5, 0.6) is 5.75 Å². The van der Waals surface area contributed by atoms with Gasteiger partial charge in [-0.1, -0.05) is 29.8 Å². The predicted octanol–water partition coefficient (Wildman–Crippen LogP) is 4.40. The molecule has 1 aromatic heterocycles. The number of anilines is 2. The Hall–Kier alpha value is -2.57. The number of aromatic nitrogens is 2. The van der Waals surface area contributed by atoms with Gasteiger partial charge in [-0.05, 0) is 42.0 Å². The molecule has 0 bridgehead atoms. The molecular formula is C18H17ClN4OS. The van der Waals surface area contributed by atoms with E-state index in [2.05, 4.69) is 15.7 Å². The van der Waals surface area contributed by atoms with Gasteiger partial charge in [0.15, 0.2) is 10.9 Å². The van der Waals surface area contributed by atoms with Crippen LogP contribution in [-0.4, -0.2) is 22.0 Å². The smallest absolute Gasteiger partial charge is 0.176 e. The minimum Gasteiger partial charge on any atom is -0.497 e. The van der Waals surface area contributed by atoms with Gasteiger partial charge in [-0.2, -0.15) is 5.10 Å². The number of hydrogen-bond donors (Lipinski definition) is 2. The van der Waals surface area contributed by atoms with Gasteiger partial charge in [0, 0.05) is 29.0 Å². The molecular weight excluding hydrogens is 356 g/mol. The minimum absolute atomic E-state index is 0.463. The van der Waals surface area contributed by atoms with Crippen molar-refractivity contribution in [3.05, 3.63) is 71.4 Å². The van der Waals surface area contributed by atoms with Crippen LogP contribution in [0.15, 0.2) is 60.8 Å². The lowest BCUT2D eigenvalue weighted by atomic mass is 10.2. The molecule has 0 radical (unpaired) electrons. The molecule has 3 rings (SSSR count). The van der Waals surface area contributed by atoms with Crippen LogP contribution in [0, 0.1) is 0 Å². The summed E-state index contributed by atoms with van der Waals surface area (Å²) in [4.78, 5) is 0. The first kappa shape index (κ1) is 17.3. The molecule has 0 amide bonds. The van der Waals surface area contributed by atoms with Crippen molar-refractivity contribution in [3.63, 3.8) is 0 Å². The molecule has 2 aromatic carbocycles. The van der Waals surface area contributed by atoms with E-state index in [1.54, 1.807) is 7.11 Å². The van der Waals surface area contributed by atoms with Gasteiger partial charge in [-0.25, -0.2) is 0 Å². The van der Waals surface area contributed by atoms with Gasteiger partial charge in [0.05, 0.1) is 13.7 Å². The highest BCUT2D eigenvalue weighted by atomic mass is 35.5. The normalized spacial score (nSPS) is 10.3. The van der Waals surface area contributed by atoms with E-state index in [4.69, 9.17) is 28.6 Å². The van der Waals surface area contributed by atoms with Crippen LogP contribution in [0.3, 0.4) is 0 Å². The van der Waals surface area contributed by atoms with Crippen molar-refractivity contribution in [3.8, 4) is 5.75 Å². The second-order valence-corrected chi connectivity index (χ2v) is 6.18. The SMILES string of the molecule is COc1cccc(NC(=S)Nc2ccn(Cc3ccc(Cl)cc3)n2)c1. The molecule has 0 fully saturated rings. The van der Waals surface area contributed by atoms with E-state index >= 15 is 0 Å². The Balaban J connectivity index is 1.58. The van der Waals surface area contributed by atoms with Crippen LogP contribution in [0.4, 0.5) is 11.5 Å². The lowest BCUT2D eigenvalue weighted by Crippen LogP contribution is -2.19. The Bertz CT molecular complexity index is 864. The van der Waals surface area contributed by atoms with E-state index in [1.807, 2.05) is 65.5 Å². The Morgan fingerprint density at radius 3 is 2.72 bits per heavy atom. The summed E-state index contributed by atoms with van der Waals surface area (Å²) in [5, 5.41) is 11.8. The van der Waals surface area contributed by atoms with Crippen LogP contribution in [-0.2, 0) is 6.54 Å². The summed E-state index contributed by atoms with van der Waals surface area (Å²) in [6.07, 6.45) is 1.89. The average molecular weight is 373 g/mol. The van der Waals surface area contributed by atoms with Gasteiger partial charge in [0.25, 0.3) is 0 Å². The molecule has 1 heterocycles. The fraction of sp³-hybridized carbons (Fsp3) is 0.111. The standard InChI is InChI=1S/C18H17ClN4OS/c1-24-16-4-2-3-15(11-16)20-18(25)21-17-9-10-23(22-17)12-13-5-7-14(19)8-6-13/h2-11H,12H2,1H3,(H2,20,21,22,25). The first-order valence-corrected chi connectivity index (χ1v) is 8.41. The number of hydrogen-bond acceptors (Lipinski definition) is 3. The largest absolute Gasteiger partial charge is 0.497 e. The lowest BCUT2D eigenvalue weighted by Gasteiger charge is -2.09. The summed E-state index contributed by atoms with van der Waals surface area (Å²) in [7, 11) is 1.63. The van der Waals surface area contributed by atoms with Gasteiger partial charge in [0.2, 0.25) is 0 Å². The topological polar surface area (TPSA) is 51.1 Å². The second-order valence-electron chi connectivity index (χ2n) is 5.34. The van der Waals surface area contributed by atoms with Gasteiger partial charge < -0.3 is 15.4 Å². The maximum atomic E-state index is 5.90. The summed E-state index contributed by atoms with van der Waals surface area (Å²) in [6, 6.07) is 17.1. The highest BCUT2D eigenvalue weighted by Crippen LogP contribution is 2.17. The summed E-state index contributed by atoms with van der Waals surface area (Å²) in [5.74, 6) is 1.44. The van der Waals surface area contributed by atoms with E-state index in [1.165, 1.54) is 0 Å². The Kier molecular flexibility index (Phi) is 5.53. The zero-order chi connectivity index (χ0) is 17.6. The zero-order valence-electron chi connectivity index (χ0n) is 13.6. The van der Waals surface area contributed by atoms with E-state index in [0.717, 1.165) is 22.0 Å². The minimum atomic E-state index is 0.463. The molecule has 128 valence electrons. The molecule has 0 saturated heterocycles. The van der Waals surface area contributed by atoms with Gasteiger partial charge in [-0.3, -0.25) is 4.68 Å². The molecule has 0 spiro atoms. The number of benzene rings is 2. The van der Waals surface area contributed by atoms with Crippen molar-refractivity contribution < 1.29 is 4.74 Å².